The van der Waals surface area contributed by atoms with Gasteiger partial charge in [0.1, 0.15) is 0 Å². The topological polar surface area (TPSA) is 73.4 Å². The summed E-state index contributed by atoms with van der Waals surface area (Å²) in [4.78, 5) is 12.1. The molecule has 26 heavy (non-hydrogen) atoms. The van der Waals surface area contributed by atoms with Gasteiger partial charge in [-0.3, -0.25) is 10.1 Å². The molecule has 0 aliphatic carbocycles. The van der Waals surface area contributed by atoms with Gasteiger partial charge >= 0.3 is 5.97 Å². The van der Waals surface area contributed by atoms with E-state index in [1.165, 1.54) is 0 Å². The lowest BCUT2D eigenvalue weighted by Crippen LogP contribution is -2.53. The van der Waals surface area contributed by atoms with E-state index in [0.29, 0.717) is 6.42 Å². The second kappa shape index (κ2) is 7.40. The second-order valence-corrected chi connectivity index (χ2v) is 8.66. The average molecular weight is 481 g/mol. The highest BCUT2D eigenvalue weighted by molar-refractivity contribution is 9.10. The van der Waals surface area contributed by atoms with Crippen LogP contribution in [-0.2, 0) is 4.79 Å². The Kier molecular flexibility index (Phi) is 5.16. The number of nitrogens with one attached hydrogen (secondary N) is 3. The Bertz CT molecular complexity index is 797. The lowest BCUT2D eigenvalue weighted by molar-refractivity contribution is -0.146. The van der Waals surface area contributed by atoms with Crippen molar-refractivity contribution in [3.05, 3.63) is 68.6 Å². The van der Waals surface area contributed by atoms with Crippen LogP contribution in [0.5, 0.6) is 0 Å². The molecule has 2 aliphatic rings. The Balaban J connectivity index is 1.61. The highest BCUT2D eigenvalue weighted by Crippen LogP contribution is 2.42. The molecule has 0 spiro atoms. The number of carboxylic acids is 1. The van der Waals surface area contributed by atoms with Crippen molar-refractivity contribution >= 4 is 37.8 Å². The SMILES string of the molecule is O=C(O)C1CC(c2ccc(Br)cc2)NC2NNC(c3ccc(Br)cc3)C21. The monoisotopic (exact) mass is 479 g/mol. The van der Waals surface area contributed by atoms with Crippen LogP contribution in [-0.4, -0.2) is 17.2 Å². The number of rotatable bonds is 3. The van der Waals surface area contributed by atoms with Gasteiger partial charge in [0.2, 0.25) is 0 Å². The van der Waals surface area contributed by atoms with E-state index in [-0.39, 0.29) is 24.2 Å². The molecule has 2 heterocycles. The van der Waals surface area contributed by atoms with Crippen molar-refractivity contribution in [3.8, 4) is 0 Å². The third kappa shape index (κ3) is 3.46. The van der Waals surface area contributed by atoms with Gasteiger partial charge < -0.3 is 5.11 Å². The minimum atomic E-state index is -0.740. The molecular weight excluding hydrogens is 462 g/mol. The van der Waals surface area contributed by atoms with Gasteiger partial charge in [-0.15, -0.1) is 0 Å². The van der Waals surface area contributed by atoms with Gasteiger partial charge in [0.05, 0.1) is 18.1 Å². The maximum atomic E-state index is 12.1. The Morgan fingerprint density at radius 3 is 2.08 bits per heavy atom. The van der Waals surface area contributed by atoms with Crippen molar-refractivity contribution in [3.63, 3.8) is 0 Å². The Hall–Kier alpha value is -1.25. The summed E-state index contributed by atoms with van der Waals surface area (Å²) in [5.74, 6) is -1.25. The molecular formula is C19H19Br2N3O2. The van der Waals surface area contributed by atoms with E-state index in [1.54, 1.807) is 0 Å². The molecule has 2 saturated heterocycles. The first-order chi connectivity index (χ1) is 12.5. The van der Waals surface area contributed by atoms with E-state index in [0.717, 1.165) is 20.1 Å². The molecule has 4 rings (SSSR count). The number of piperidine rings is 1. The smallest absolute Gasteiger partial charge is 0.307 e. The van der Waals surface area contributed by atoms with E-state index in [4.69, 9.17) is 0 Å². The van der Waals surface area contributed by atoms with Crippen molar-refractivity contribution in [2.45, 2.75) is 24.7 Å². The molecule has 5 nitrogen and oxygen atoms in total. The molecule has 136 valence electrons. The normalized spacial score (nSPS) is 30.8. The molecule has 0 amide bonds. The number of benzene rings is 2. The molecule has 4 N–H and O–H groups in total. The number of fused-ring (bicyclic) bond motifs is 1. The van der Waals surface area contributed by atoms with Crippen LogP contribution in [0.15, 0.2) is 57.5 Å². The first kappa shape index (κ1) is 18.1. The summed E-state index contributed by atoms with van der Waals surface area (Å²) in [5, 5.41) is 13.5. The van der Waals surface area contributed by atoms with E-state index < -0.39 is 11.9 Å². The minimum Gasteiger partial charge on any atom is -0.481 e. The fraction of sp³-hybridized carbons (Fsp3) is 0.316. The largest absolute Gasteiger partial charge is 0.481 e. The summed E-state index contributed by atoms with van der Waals surface area (Å²) in [6.07, 6.45) is 0.460. The molecule has 2 aromatic carbocycles. The van der Waals surface area contributed by atoms with Crippen molar-refractivity contribution < 1.29 is 9.90 Å². The number of hydrazine groups is 1. The molecule has 0 saturated carbocycles. The van der Waals surface area contributed by atoms with E-state index in [9.17, 15) is 9.90 Å². The molecule has 5 unspecified atom stereocenters. The van der Waals surface area contributed by atoms with Crippen molar-refractivity contribution in [2.24, 2.45) is 11.8 Å². The zero-order valence-corrected chi connectivity index (χ0v) is 17.0. The molecule has 2 fully saturated rings. The highest BCUT2D eigenvalue weighted by atomic mass is 79.9. The number of carbonyl (C=O) groups is 1. The third-order valence-electron chi connectivity index (χ3n) is 5.32. The summed E-state index contributed by atoms with van der Waals surface area (Å²) in [6.45, 7) is 0. The van der Waals surface area contributed by atoms with Crippen LogP contribution in [0.2, 0.25) is 0 Å². The van der Waals surface area contributed by atoms with Gasteiger partial charge in [-0.2, -0.15) is 0 Å². The van der Waals surface area contributed by atoms with Crippen LogP contribution in [0.4, 0.5) is 0 Å². The van der Waals surface area contributed by atoms with Gasteiger partial charge in [-0.25, -0.2) is 10.9 Å². The second-order valence-electron chi connectivity index (χ2n) is 6.82. The summed E-state index contributed by atoms with van der Waals surface area (Å²) < 4.78 is 2.02. The van der Waals surface area contributed by atoms with E-state index in [1.807, 2.05) is 48.5 Å². The van der Waals surface area contributed by atoms with Crippen LogP contribution in [0.3, 0.4) is 0 Å². The first-order valence-electron chi connectivity index (χ1n) is 8.54. The van der Waals surface area contributed by atoms with Gasteiger partial charge in [0.25, 0.3) is 0 Å². The van der Waals surface area contributed by atoms with Gasteiger partial charge in [0, 0.05) is 20.9 Å². The average Bonchev–Trinajstić information content (AvgIpc) is 3.06. The van der Waals surface area contributed by atoms with Gasteiger partial charge in [0.15, 0.2) is 0 Å². The molecule has 7 heteroatoms. The summed E-state index contributed by atoms with van der Waals surface area (Å²) in [6, 6.07) is 16.0. The van der Waals surface area contributed by atoms with Crippen LogP contribution in [0, 0.1) is 11.8 Å². The quantitative estimate of drug-likeness (QED) is 0.538. The molecule has 2 aliphatic heterocycles. The maximum absolute atomic E-state index is 12.1. The highest BCUT2D eigenvalue weighted by Gasteiger charge is 2.49. The Labute approximate surface area is 168 Å². The number of carboxylic acid groups (broad SMARTS) is 1. The van der Waals surface area contributed by atoms with Crippen LogP contribution >= 0.6 is 31.9 Å². The number of aliphatic carboxylic acids is 1. The van der Waals surface area contributed by atoms with Crippen LogP contribution in [0.1, 0.15) is 29.6 Å². The number of hydrogen-bond acceptors (Lipinski definition) is 4. The van der Waals surface area contributed by atoms with Crippen molar-refractivity contribution in [2.75, 3.05) is 0 Å². The van der Waals surface area contributed by atoms with Crippen molar-refractivity contribution in [1.29, 1.82) is 0 Å². The lowest BCUT2D eigenvalue weighted by atomic mass is 9.75. The van der Waals surface area contributed by atoms with Gasteiger partial charge in [-0.1, -0.05) is 56.1 Å². The lowest BCUT2D eigenvalue weighted by Gasteiger charge is -2.39. The van der Waals surface area contributed by atoms with E-state index in [2.05, 4.69) is 48.0 Å². The maximum Gasteiger partial charge on any atom is 0.307 e. The summed E-state index contributed by atoms with van der Waals surface area (Å²) >= 11 is 6.90. The standard InChI is InChI=1S/C19H19Br2N3O2/c20-12-5-1-10(2-6-12)15-9-14(19(25)26)16-17(23-24-18(16)22-15)11-3-7-13(21)8-4-11/h1-8,14-18,22-24H,9H2,(H,25,26). The van der Waals surface area contributed by atoms with Crippen LogP contribution in [0.25, 0.3) is 0 Å². The zero-order valence-electron chi connectivity index (χ0n) is 13.8. The predicted molar refractivity (Wildman–Crippen MR) is 106 cm³/mol. The molecule has 5 atom stereocenters. The molecule has 0 bridgehead atoms. The zero-order chi connectivity index (χ0) is 18.3. The predicted octanol–water partition coefficient (Wildman–Crippen LogP) is 3.74. The third-order valence-corrected chi connectivity index (χ3v) is 6.38. The first-order valence-corrected chi connectivity index (χ1v) is 10.1. The summed E-state index contributed by atoms with van der Waals surface area (Å²) in [5.41, 5.74) is 8.76. The minimum absolute atomic E-state index is 0.00316. The van der Waals surface area contributed by atoms with E-state index >= 15 is 0 Å². The van der Waals surface area contributed by atoms with Crippen LogP contribution < -0.4 is 16.2 Å². The fourth-order valence-corrected chi connectivity index (χ4v) is 4.57. The number of halogens is 2. The number of hydrogen-bond donors (Lipinski definition) is 4. The van der Waals surface area contributed by atoms with Gasteiger partial charge in [-0.05, 0) is 41.8 Å². The molecule has 0 aromatic heterocycles. The molecule has 2 aromatic rings. The Morgan fingerprint density at radius 1 is 0.923 bits per heavy atom. The Morgan fingerprint density at radius 2 is 1.50 bits per heavy atom. The fourth-order valence-electron chi connectivity index (χ4n) is 4.05. The van der Waals surface area contributed by atoms with Crippen molar-refractivity contribution in [1.82, 2.24) is 16.2 Å². The molecule has 0 radical (unpaired) electrons. The summed E-state index contributed by atoms with van der Waals surface area (Å²) in [7, 11) is 0.